The number of ether oxygens (including phenoxy) is 1. The molecular formula is C18H20NO3+. The maximum Gasteiger partial charge on any atom is 0.385 e. The summed E-state index contributed by atoms with van der Waals surface area (Å²) in [5, 5.41) is 10.3. The van der Waals surface area contributed by atoms with Crippen LogP contribution in [-0.2, 0) is 0 Å². The molecule has 22 heavy (non-hydrogen) atoms. The Morgan fingerprint density at radius 3 is 2.68 bits per heavy atom. The van der Waals surface area contributed by atoms with Gasteiger partial charge in [0.1, 0.15) is 17.1 Å². The lowest BCUT2D eigenvalue weighted by atomic mass is 10.1. The van der Waals surface area contributed by atoms with E-state index >= 15 is 0 Å². The van der Waals surface area contributed by atoms with Gasteiger partial charge in [0.15, 0.2) is 6.04 Å². The summed E-state index contributed by atoms with van der Waals surface area (Å²) < 4.78 is 13.3. The van der Waals surface area contributed by atoms with Crippen LogP contribution in [0.1, 0.15) is 26.3 Å². The summed E-state index contributed by atoms with van der Waals surface area (Å²) in [7, 11) is 1.58. The van der Waals surface area contributed by atoms with Crippen molar-refractivity contribution in [1.82, 2.24) is 0 Å². The predicted molar refractivity (Wildman–Crippen MR) is 85.1 cm³/mol. The molecule has 0 aliphatic carbocycles. The van der Waals surface area contributed by atoms with Crippen molar-refractivity contribution in [1.29, 1.82) is 0 Å². The van der Waals surface area contributed by atoms with Gasteiger partial charge in [-0.15, -0.1) is 0 Å². The van der Waals surface area contributed by atoms with E-state index in [1.165, 1.54) is 0 Å². The van der Waals surface area contributed by atoms with E-state index in [4.69, 9.17) is 9.15 Å². The molecule has 0 fully saturated rings. The lowest BCUT2D eigenvalue weighted by molar-refractivity contribution is -0.688. The minimum atomic E-state index is 0.149. The molecule has 1 heterocycles. The average Bonchev–Trinajstić information content (AvgIpc) is 2.93. The molecule has 1 atom stereocenters. The third kappa shape index (κ3) is 2.30. The van der Waals surface area contributed by atoms with Crippen LogP contribution < -0.4 is 9.30 Å². The number of aromatic nitrogens is 1. The third-order valence-corrected chi connectivity index (χ3v) is 4.02. The quantitative estimate of drug-likeness (QED) is 0.738. The monoisotopic (exact) mass is 298 g/mol. The van der Waals surface area contributed by atoms with Gasteiger partial charge >= 0.3 is 5.89 Å². The summed E-state index contributed by atoms with van der Waals surface area (Å²) in [5.41, 5.74) is 2.51. The first kappa shape index (κ1) is 14.4. The lowest BCUT2D eigenvalue weighted by Crippen LogP contribution is -2.38. The van der Waals surface area contributed by atoms with Gasteiger partial charge in [0.25, 0.3) is 5.52 Å². The van der Waals surface area contributed by atoms with Gasteiger partial charge in [0, 0.05) is 18.6 Å². The van der Waals surface area contributed by atoms with Crippen LogP contribution in [0.4, 0.5) is 0 Å². The number of fused-ring (bicyclic) bond motifs is 1. The zero-order chi connectivity index (χ0) is 15.7. The number of benzene rings is 2. The zero-order valence-electron chi connectivity index (χ0n) is 13.0. The summed E-state index contributed by atoms with van der Waals surface area (Å²) in [5.74, 6) is 1.43. The summed E-state index contributed by atoms with van der Waals surface area (Å²) in [4.78, 5) is 0. The Morgan fingerprint density at radius 2 is 2.00 bits per heavy atom. The molecule has 0 aliphatic heterocycles. The number of nitrogens with zero attached hydrogens (tertiary/aromatic N) is 1. The molecule has 1 N–H and O–H groups in total. The molecule has 0 saturated carbocycles. The van der Waals surface area contributed by atoms with E-state index in [1.807, 2.05) is 36.4 Å². The van der Waals surface area contributed by atoms with E-state index in [-0.39, 0.29) is 11.8 Å². The van der Waals surface area contributed by atoms with Crippen LogP contribution in [0.15, 0.2) is 46.9 Å². The van der Waals surface area contributed by atoms with Crippen molar-refractivity contribution in [3.63, 3.8) is 0 Å². The first-order valence-electron chi connectivity index (χ1n) is 7.46. The second kappa shape index (κ2) is 5.72. The number of hydrogen-bond donors (Lipinski definition) is 1. The first-order chi connectivity index (χ1) is 10.7. The lowest BCUT2D eigenvalue weighted by Gasteiger charge is -2.06. The van der Waals surface area contributed by atoms with Crippen molar-refractivity contribution in [2.75, 3.05) is 7.11 Å². The van der Waals surface area contributed by atoms with Crippen LogP contribution >= 0.6 is 0 Å². The molecule has 4 nitrogen and oxygen atoms in total. The minimum absolute atomic E-state index is 0.149. The summed E-state index contributed by atoms with van der Waals surface area (Å²) in [6.45, 7) is 4.28. The van der Waals surface area contributed by atoms with Gasteiger partial charge in [-0.1, -0.05) is 19.1 Å². The zero-order valence-corrected chi connectivity index (χ0v) is 13.0. The Balaban J connectivity index is 2.26. The van der Waals surface area contributed by atoms with Crippen LogP contribution in [0.5, 0.6) is 11.5 Å². The van der Waals surface area contributed by atoms with Gasteiger partial charge in [0.05, 0.1) is 7.11 Å². The molecule has 4 heteroatoms. The fourth-order valence-electron chi connectivity index (χ4n) is 2.63. The highest BCUT2D eigenvalue weighted by atomic mass is 16.5. The Hall–Kier alpha value is -2.49. The van der Waals surface area contributed by atoms with E-state index in [2.05, 4.69) is 18.4 Å². The van der Waals surface area contributed by atoms with Gasteiger partial charge < -0.3 is 14.3 Å². The Labute approximate surface area is 129 Å². The van der Waals surface area contributed by atoms with Crippen molar-refractivity contribution in [3.05, 3.63) is 42.5 Å². The number of rotatable bonds is 4. The molecule has 3 aromatic rings. The van der Waals surface area contributed by atoms with Gasteiger partial charge in [-0.3, -0.25) is 0 Å². The summed E-state index contributed by atoms with van der Waals surface area (Å²) in [6.07, 6.45) is 0.970. The number of para-hydroxylation sites is 2. The largest absolute Gasteiger partial charge is 0.507 e. The van der Waals surface area contributed by atoms with E-state index < -0.39 is 0 Å². The number of oxazole rings is 1. The number of hydrogen-bond acceptors (Lipinski definition) is 3. The average molecular weight is 298 g/mol. The molecular weight excluding hydrogens is 278 g/mol. The van der Waals surface area contributed by atoms with Gasteiger partial charge in [0.2, 0.25) is 5.58 Å². The topological polar surface area (TPSA) is 46.5 Å². The number of phenolic OH excluding ortho intramolecular Hbond substituents is 1. The molecule has 0 amide bonds. The Kier molecular flexibility index (Phi) is 3.75. The maximum absolute atomic E-state index is 10.3. The fourth-order valence-corrected chi connectivity index (χ4v) is 2.63. The molecule has 0 radical (unpaired) electrons. The highest BCUT2D eigenvalue weighted by Crippen LogP contribution is 2.33. The normalized spacial score (nSPS) is 12.5. The van der Waals surface area contributed by atoms with Crippen LogP contribution in [0, 0.1) is 0 Å². The molecule has 0 spiro atoms. The standard InChI is InChI=1S/C18H19NO3/c1-4-12(2)19-15-7-5-6-8-17(15)22-18(19)14-10-9-13(21-3)11-16(14)20/h5-12H,4H2,1-3H3/p+1. The Bertz CT molecular complexity index is 807. The first-order valence-corrected chi connectivity index (χ1v) is 7.46. The van der Waals surface area contributed by atoms with Crippen molar-refractivity contribution >= 4 is 11.1 Å². The molecule has 1 aromatic heterocycles. The molecule has 3 rings (SSSR count). The van der Waals surface area contributed by atoms with Crippen molar-refractivity contribution in [2.45, 2.75) is 26.3 Å². The van der Waals surface area contributed by atoms with Crippen molar-refractivity contribution in [3.8, 4) is 23.0 Å². The number of aromatic hydroxyl groups is 1. The van der Waals surface area contributed by atoms with Gasteiger partial charge in [-0.2, -0.15) is 4.57 Å². The molecule has 1 unspecified atom stereocenters. The van der Waals surface area contributed by atoms with Crippen molar-refractivity contribution < 1.29 is 18.8 Å². The van der Waals surface area contributed by atoms with Crippen LogP contribution in [0.3, 0.4) is 0 Å². The number of phenols is 1. The van der Waals surface area contributed by atoms with E-state index in [0.29, 0.717) is 17.2 Å². The third-order valence-electron chi connectivity index (χ3n) is 4.02. The highest BCUT2D eigenvalue weighted by Gasteiger charge is 2.29. The maximum atomic E-state index is 10.3. The molecule has 0 bridgehead atoms. The predicted octanol–water partition coefficient (Wildman–Crippen LogP) is 4.07. The Morgan fingerprint density at radius 1 is 1.23 bits per heavy atom. The van der Waals surface area contributed by atoms with Crippen LogP contribution in [0.25, 0.3) is 22.6 Å². The summed E-state index contributed by atoms with van der Waals surface area (Å²) >= 11 is 0. The molecule has 114 valence electrons. The van der Waals surface area contributed by atoms with Gasteiger partial charge in [-0.25, -0.2) is 0 Å². The van der Waals surface area contributed by atoms with Gasteiger partial charge in [-0.05, 0) is 25.1 Å². The SMILES string of the molecule is CCC(C)[n+]1c(-c2ccc(OC)cc2O)oc2ccccc21. The smallest absolute Gasteiger partial charge is 0.385 e. The number of methoxy groups -OCH3 is 1. The van der Waals surface area contributed by atoms with Crippen LogP contribution in [0.2, 0.25) is 0 Å². The second-order valence-corrected chi connectivity index (χ2v) is 5.39. The molecule has 0 aliphatic rings. The van der Waals surface area contributed by atoms with Crippen LogP contribution in [-0.4, -0.2) is 12.2 Å². The summed E-state index contributed by atoms with van der Waals surface area (Å²) in [6, 6.07) is 13.4. The van der Waals surface area contributed by atoms with E-state index in [9.17, 15) is 5.11 Å². The highest BCUT2D eigenvalue weighted by molar-refractivity contribution is 5.73. The minimum Gasteiger partial charge on any atom is -0.507 e. The van der Waals surface area contributed by atoms with E-state index in [0.717, 1.165) is 17.5 Å². The van der Waals surface area contributed by atoms with E-state index in [1.54, 1.807) is 13.2 Å². The molecule has 0 saturated heterocycles. The fraction of sp³-hybridized carbons (Fsp3) is 0.278. The second-order valence-electron chi connectivity index (χ2n) is 5.39. The molecule has 2 aromatic carbocycles. The van der Waals surface area contributed by atoms with Crippen molar-refractivity contribution in [2.24, 2.45) is 0 Å².